The first kappa shape index (κ1) is 49.7. The molecular formula is C74H61BN2O2S2. The lowest BCUT2D eigenvalue weighted by atomic mass is 9.39. The summed E-state index contributed by atoms with van der Waals surface area (Å²) < 4.78 is 18.8. The molecule has 7 heteroatoms. The second-order valence-corrected chi connectivity index (χ2v) is 26.4. The molecule has 0 amide bonds. The summed E-state index contributed by atoms with van der Waals surface area (Å²) >= 11 is 3.94. The zero-order valence-corrected chi connectivity index (χ0v) is 48.3. The van der Waals surface area contributed by atoms with E-state index in [1.54, 1.807) is 0 Å². The summed E-state index contributed by atoms with van der Waals surface area (Å²) in [6.45, 7) is 14.0. The molecule has 0 saturated heterocycles. The van der Waals surface area contributed by atoms with Gasteiger partial charge in [0, 0.05) is 74.5 Å². The van der Waals surface area contributed by atoms with Crippen LogP contribution in [-0.4, -0.2) is 6.71 Å². The maximum atomic E-state index is 6.75. The molecule has 0 unspecified atom stereocenters. The number of anilines is 6. The van der Waals surface area contributed by atoms with Crippen LogP contribution in [0.15, 0.2) is 209 Å². The number of rotatable bonds is 6. The van der Waals surface area contributed by atoms with Crippen LogP contribution in [0.3, 0.4) is 0 Å². The fourth-order valence-electron chi connectivity index (χ4n) is 12.7. The van der Waals surface area contributed by atoms with Crippen molar-refractivity contribution in [3.8, 4) is 44.9 Å². The van der Waals surface area contributed by atoms with Gasteiger partial charge in [0.1, 0.15) is 23.0 Å². The molecule has 0 fully saturated rings. The zero-order chi connectivity index (χ0) is 54.7. The van der Waals surface area contributed by atoms with Crippen molar-refractivity contribution in [1.82, 2.24) is 0 Å². The van der Waals surface area contributed by atoms with Crippen molar-refractivity contribution < 1.29 is 8.83 Å². The predicted molar refractivity (Wildman–Crippen MR) is 348 cm³/mol. The van der Waals surface area contributed by atoms with E-state index in [0.29, 0.717) is 0 Å². The van der Waals surface area contributed by atoms with Gasteiger partial charge < -0.3 is 18.6 Å². The summed E-state index contributed by atoms with van der Waals surface area (Å²) in [6.07, 6.45) is 21.1. The summed E-state index contributed by atoms with van der Waals surface area (Å²) in [6, 6.07) is 62.1. The van der Waals surface area contributed by atoms with Crippen LogP contribution in [0.5, 0.6) is 0 Å². The molecule has 0 radical (unpaired) electrons. The van der Waals surface area contributed by atoms with Gasteiger partial charge >= 0.3 is 0 Å². The molecule has 15 rings (SSSR count). The van der Waals surface area contributed by atoms with Crippen LogP contribution in [0.25, 0.3) is 77.2 Å². The van der Waals surface area contributed by atoms with E-state index in [9.17, 15) is 0 Å². The SMILES string of the molecule is CC(C)(C)c1ccc2sc3c(c2c1)N(c1ccc(-c2cc4c(o2)/C=C\C/C=C\C4)cc1-c1ccccc1)c1cccc2c1B3c1sc3ccc(C(C)(C)C)cc3c1N2c1ccc(-c2cc3c(o2)/C=C\C/C=C\C3)cc1-c1ccccc1. The first-order chi connectivity index (χ1) is 39.4. The Hall–Kier alpha value is -8.36. The van der Waals surface area contributed by atoms with Gasteiger partial charge in [-0.15, -0.1) is 22.7 Å². The Morgan fingerprint density at radius 1 is 0.420 bits per heavy atom. The minimum absolute atomic E-state index is 0.0343. The van der Waals surface area contributed by atoms with E-state index in [2.05, 4.69) is 264 Å². The summed E-state index contributed by atoms with van der Waals surface area (Å²) in [5.41, 5.74) is 20.1. The van der Waals surface area contributed by atoms with E-state index in [4.69, 9.17) is 8.83 Å². The lowest BCUT2D eigenvalue weighted by Gasteiger charge is -2.43. The van der Waals surface area contributed by atoms with Crippen molar-refractivity contribution >= 4 is 111 Å². The highest BCUT2D eigenvalue weighted by Gasteiger charge is 2.48. The van der Waals surface area contributed by atoms with E-state index in [1.165, 1.54) is 80.2 Å². The van der Waals surface area contributed by atoms with Crippen LogP contribution in [-0.2, 0) is 23.7 Å². The first-order valence-electron chi connectivity index (χ1n) is 28.6. The third-order valence-electron chi connectivity index (χ3n) is 16.9. The third-order valence-corrected chi connectivity index (χ3v) is 19.3. The Balaban J connectivity index is 1.01. The average molecular weight is 1090 g/mol. The van der Waals surface area contributed by atoms with Gasteiger partial charge in [0.05, 0.1) is 22.7 Å². The first-order valence-corrected chi connectivity index (χ1v) is 30.2. The van der Waals surface area contributed by atoms with E-state index in [1.807, 2.05) is 22.7 Å². The Kier molecular flexibility index (Phi) is 11.7. The second-order valence-electron chi connectivity index (χ2n) is 24.2. The predicted octanol–water partition coefficient (Wildman–Crippen LogP) is 19.7. The smallest absolute Gasteiger partial charge is 0.277 e. The zero-order valence-electron chi connectivity index (χ0n) is 46.6. The standard InChI is InChI=1S/C74H61BN2O2S2/c1-73(2,3)52-34-38-66-56(44-52)69-71(80-66)75-68-60(76(69)58-36-32-50(40-54(58)46-22-15-11-16-23-46)64-42-48-26-13-7-9-19-30-62(48)78-64)28-21-29-61(68)77(70-57-45-53(74(4,5)6)35-39-67(57)81-72(70)75)59-37-33-51(41-55(59)47-24-17-12-18-25-47)65-43-49-27-14-8-10-20-31-63(49)79-65/h7-8,11-25,28-45H,9-10,26-27H2,1-6H3/b13-7-,14-8-,30-19-,31-20-. The third kappa shape index (κ3) is 8.38. The number of hydrogen-bond acceptors (Lipinski definition) is 6. The highest BCUT2D eigenvalue weighted by atomic mass is 32.1. The van der Waals surface area contributed by atoms with Gasteiger partial charge in [0.25, 0.3) is 6.71 Å². The molecule has 4 aromatic heterocycles. The summed E-state index contributed by atoms with van der Waals surface area (Å²) in [5, 5.41) is 2.57. The molecule has 0 N–H and O–H groups in total. The molecule has 6 heterocycles. The molecule has 0 spiro atoms. The number of hydrogen-bond donors (Lipinski definition) is 0. The van der Waals surface area contributed by atoms with E-state index in [-0.39, 0.29) is 17.5 Å². The van der Waals surface area contributed by atoms with Crippen molar-refractivity contribution in [2.24, 2.45) is 0 Å². The van der Waals surface area contributed by atoms with Crippen LogP contribution in [0.4, 0.5) is 34.1 Å². The number of thiophene rings is 2. The van der Waals surface area contributed by atoms with E-state index < -0.39 is 0 Å². The van der Waals surface area contributed by atoms with Gasteiger partial charge in [-0.1, -0.05) is 157 Å². The van der Waals surface area contributed by atoms with Gasteiger partial charge in [0.15, 0.2) is 0 Å². The maximum absolute atomic E-state index is 6.75. The quantitative estimate of drug-likeness (QED) is 0.123. The van der Waals surface area contributed by atoms with Crippen molar-refractivity contribution in [2.45, 2.75) is 78.1 Å². The monoisotopic (exact) mass is 1080 g/mol. The van der Waals surface area contributed by atoms with Crippen molar-refractivity contribution in [2.75, 3.05) is 9.80 Å². The van der Waals surface area contributed by atoms with Gasteiger partial charge in [-0.3, -0.25) is 0 Å². The Morgan fingerprint density at radius 2 is 0.877 bits per heavy atom. The molecule has 2 aliphatic carbocycles. The summed E-state index contributed by atoms with van der Waals surface area (Å²) in [4.78, 5) is 5.28. The summed E-state index contributed by atoms with van der Waals surface area (Å²) in [7, 11) is 0. The Morgan fingerprint density at radius 3 is 1.32 bits per heavy atom. The highest BCUT2D eigenvalue weighted by molar-refractivity contribution is 7.40. The van der Waals surface area contributed by atoms with Gasteiger partial charge in [-0.25, -0.2) is 0 Å². The van der Waals surface area contributed by atoms with Crippen LogP contribution >= 0.6 is 22.7 Å². The Bertz CT molecular complexity index is 4170. The molecule has 81 heavy (non-hydrogen) atoms. The minimum Gasteiger partial charge on any atom is -0.456 e. The van der Waals surface area contributed by atoms with E-state index in [0.717, 1.165) is 93.5 Å². The molecule has 394 valence electrons. The molecule has 0 bridgehead atoms. The van der Waals surface area contributed by atoms with Crippen molar-refractivity contribution in [3.05, 3.63) is 234 Å². The van der Waals surface area contributed by atoms with Crippen LogP contribution < -0.4 is 24.8 Å². The molecule has 0 saturated carbocycles. The lowest BCUT2D eigenvalue weighted by Crippen LogP contribution is -2.59. The largest absolute Gasteiger partial charge is 0.456 e. The highest BCUT2D eigenvalue weighted by Crippen LogP contribution is 2.54. The number of fused-ring (bicyclic) bond motifs is 10. The van der Waals surface area contributed by atoms with Crippen molar-refractivity contribution in [3.63, 3.8) is 0 Å². The topological polar surface area (TPSA) is 32.8 Å². The van der Waals surface area contributed by atoms with E-state index >= 15 is 0 Å². The number of benzene rings is 7. The fraction of sp³-hybridized carbons (Fsp3) is 0.162. The molecule has 0 atom stereocenters. The lowest BCUT2D eigenvalue weighted by molar-refractivity contribution is 0.568. The number of furan rings is 2. The maximum Gasteiger partial charge on any atom is 0.277 e. The fourth-order valence-corrected chi connectivity index (χ4v) is 15.4. The second kappa shape index (κ2) is 19.1. The minimum atomic E-state index is -0.0557. The van der Waals surface area contributed by atoms with Crippen LogP contribution in [0.1, 0.15) is 88.2 Å². The number of nitrogens with zero attached hydrogens (tertiary/aromatic N) is 2. The molecule has 2 aliphatic heterocycles. The normalized spacial score (nSPS) is 16.1. The van der Waals surface area contributed by atoms with Gasteiger partial charge in [-0.2, -0.15) is 0 Å². The van der Waals surface area contributed by atoms with Gasteiger partial charge in [-0.05, 0) is 161 Å². The summed E-state index contributed by atoms with van der Waals surface area (Å²) in [5.74, 6) is 3.63. The molecule has 7 aromatic carbocycles. The molecule has 4 nitrogen and oxygen atoms in total. The van der Waals surface area contributed by atoms with Crippen molar-refractivity contribution in [1.29, 1.82) is 0 Å². The molecular weight excluding hydrogens is 1020 g/mol. The Labute approximate surface area is 483 Å². The average Bonchev–Trinajstić information content (AvgIpc) is 4.23. The van der Waals surface area contributed by atoms with Crippen LogP contribution in [0, 0.1) is 0 Å². The number of allylic oxidation sites excluding steroid dienone is 6. The molecule has 11 aromatic rings. The van der Waals surface area contributed by atoms with Crippen LogP contribution in [0.2, 0.25) is 0 Å². The van der Waals surface area contributed by atoms with Gasteiger partial charge in [0.2, 0.25) is 0 Å². The molecule has 4 aliphatic rings.